The van der Waals surface area contributed by atoms with Crippen molar-refractivity contribution in [3.8, 4) is 0 Å². The Balaban J connectivity index is 2.06. The smallest absolute Gasteiger partial charge is 0.296 e. The lowest BCUT2D eigenvalue weighted by Gasteiger charge is -2.15. The van der Waals surface area contributed by atoms with Crippen molar-refractivity contribution in [2.45, 2.75) is 13.5 Å². The first-order valence-electron chi connectivity index (χ1n) is 5.99. The molecule has 0 unspecified atom stereocenters. The van der Waals surface area contributed by atoms with E-state index in [1.54, 1.807) is 20.2 Å². The predicted molar refractivity (Wildman–Crippen MR) is 67.7 cm³/mol. The molecular formula is C13H11FN4O2. The second kappa shape index (κ2) is 4.22. The molecule has 0 radical (unpaired) electrons. The van der Waals surface area contributed by atoms with Gasteiger partial charge in [-0.2, -0.15) is 0 Å². The molecule has 0 saturated carbocycles. The monoisotopic (exact) mass is 274 g/mol. The summed E-state index contributed by atoms with van der Waals surface area (Å²) in [7, 11) is 1.69. The first kappa shape index (κ1) is 12.5. The second-order valence-electron chi connectivity index (χ2n) is 4.75. The number of halogens is 1. The summed E-state index contributed by atoms with van der Waals surface area (Å²) >= 11 is 0. The molecule has 1 aliphatic rings. The second-order valence-corrected chi connectivity index (χ2v) is 4.75. The minimum Gasteiger partial charge on any atom is -0.296 e. The van der Waals surface area contributed by atoms with Crippen LogP contribution < -0.4 is 4.90 Å². The zero-order chi connectivity index (χ0) is 14.4. The first-order chi connectivity index (χ1) is 9.47. The lowest BCUT2D eigenvalue weighted by atomic mass is 10.1. The van der Waals surface area contributed by atoms with Crippen LogP contribution in [0.25, 0.3) is 0 Å². The van der Waals surface area contributed by atoms with Gasteiger partial charge in [-0.3, -0.25) is 19.2 Å². The molecule has 1 aromatic carbocycles. The SMILES string of the molecule is Cc1cc(F)c2c(c1)C(=O)C(=O)N2Cc1cn(C)nn1. The highest BCUT2D eigenvalue weighted by atomic mass is 19.1. The van der Waals surface area contributed by atoms with Gasteiger partial charge in [-0.15, -0.1) is 5.10 Å². The van der Waals surface area contributed by atoms with Crippen LogP contribution >= 0.6 is 0 Å². The number of aromatic nitrogens is 3. The Kier molecular flexibility index (Phi) is 2.63. The minimum absolute atomic E-state index is 0.0192. The van der Waals surface area contributed by atoms with Gasteiger partial charge in [0.15, 0.2) is 0 Å². The normalized spacial score (nSPS) is 14.1. The van der Waals surface area contributed by atoms with Gasteiger partial charge >= 0.3 is 0 Å². The average Bonchev–Trinajstić information content (AvgIpc) is 2.88. The molecule has 0 atom stereocenters. The highest BCUT2D eigenvalue weighted by Gasteiger charge is 2.38. The maximum Gasteiger partial charge on any atom is 0.299 e. The van der Waals surface area contributed by atoms with Crippen molar-refractivity contribution in [3.05, 3.63) is 41.0 Å². The van der Waals surface area contributed by atoms with Crippen LogP contribution in [0, 0.1) is 12.7 Å². The molecular weight excluding hydrogens is 263 g/mol. The molecule has 2 aromatic rings. The molecule has 2 heterocycles. The van der Waals surface area contributed by atoms with Gasteiger partial charge < -0.3 is 0 Å². The zero-order valence-corrected chi connectivity index (χ0v) is 10.9. The Morgan fingerprint density at radius 3 is 2.70 bits per heavy atom. The highest BCUT2D eigenvalue weighted by Crippen LogP contribution is 2.33. The summed E-state index contributed by atoms with van der Waals surface area (Å²) in [4.78, 5) is 25.0. The fourth-order valence-electron chi connectivity index (χ4n) is 2.30. The Labute approximate surface area is 113 Å². The van der Waals surface area contributed by atoms with E-state index in [0.29, 0.717) is 11.3 Å². The lowest BCUT2D eigenvalue weighted by Crippen LogP contribution is -2.29. The maximum absolute atomic E-state index is 14.1. The average molecular weight is 274 g/mol. The van der Waals surface area contributed by atoms with E-state index in [9.17, 15) is 14.0 Å². The van der Waals surface area contributed by atoms with Crippen LogP contribution in [0.5, 0.6) is 0 Å². The molecule has 102 valence electrons. The number of aryl methyl sites for hydroxylation is 2. The number of rotatable bonds is 2. The van der Waals surface area contributed by atoms with Crippen molar-refractivity contribution in [1.82, 2.24) is 15.0 Å². The third kappa shape index (κ3) is 1.78. The summed E-state index contributed by atoms with van der Waals surface area (Å²) in [6.07, 6.45) is 1.61. The first-order valence-corrected chi connectivity index (χ1v) is 5.99. The van der Waals surface area contributed by atoms with Crippen molar-refractivity contribution in [3.63, 3.8) is 0 Å². The largest absolute Gasteiger partial charge is 0.299 e. The van der Waals surface area contributed by atoms with Gasteiger partial charge in [0.05, 0.1) is 17.8 Å². The molecule has 1 aromatic heterocycles. The number of carbonyl (C=O) groups is 2. The zero-order valence-electron chi connectivity index (χ0n) is 10.9. The van der Waals surface area contributed by atoms with Crippen molar-refractivity contribution >= 4 is 17.4 Å². The molecule has 6 nitrogen and oxygen atoms in total. The van der Waals surface area contributed by atoms with Crippen LogP contribution in [-0.2, 0) is 18.4 Å². The van der Waals surface area contributed by atoms with E-state index >= 15 is 0 Å². The van der Waals surface area contributed by atoms with E-state index in [1.807, 2.05) is 0 Å². The maximum atomic E-state index is 14.1. The standard InChI is InChI=1S/C13H11FN4O2/c1-7-3-9-11(10(14)4-7)18(13(20)12(9)19)6-8-5-17(2)16-15-8/h3-5H,6H2,1-2H3. The van der Waals surface area contributed by atoms with E-state index in [1.165, 1.54) is 16.8 Å². The summed E-state index contributed by atoms with van der Waals surface area (Å²) in [6.45, 7) is 1.69. The molecule has 20 heavy (non-hydrogen) atoms. The lowest BCUT2D eigenvalue weighted by molar-refractivity contribution is -0.114. The van der Waals surface area contributed by atoms with Crippen molar-refractivity contribution < 1.29 is 14.0 Å². The molecule has 1 aliphatic heterocycles. The fourth-order valence-corrected chi connectivity index (χ4v) is 2.30. The predicted octanol–water partition coefficient (Wildman–Crippen LogP) is 0.992. The van der Waals surface area contributed by atoms with Gasteiger partial charge in [0.1, 0.15) is 11.5 Å². The van der Waals surface area contributed by atoms with Crippen molar-refractivity contribution in [2.75, 3.05) is 4.90 Å². The van der Waals surface area contributed by atoms with Crippen LogP contribution in [0.1, 0.15) is 21.6 Å². The van der Waals surface area contributed by atoms with E-state index in [4.69, 9.17) is 0 Å². The van der Waals surface area contributed by atoms with Gasteiger partial charge in [0.25, 0.3) is 11.7 Å². The Bertz CT molecular complexity index is 738. The molecule has 0 bridgehead atoms. The van der Waals surface area contributed by atoms with Gasteiger partial charge in [-0.05, 0) is 24.6 Å². The van der Waals surface area contributed by atoms with E-state index in [0.717, 1.165) is 4.90 Å². The van der Waals surface area contributed by atoms with Gasteiger partial charge in [0, 0.05) is 13.2 Å². The number of fused-ring (bicyclic) bond motifs is 1. The van der Waals surface area contributed by atoms with Crippen LogP contribution in [-0.4, -0.2) is 26.7 Å². The summed E-state index contributed by atoms with van der Waals surface area (Å²) in [5.41, 5.74) is 1.22. The van der Waals surface area contributed by atoms with E-state index < -0.39 is 17.5 Å². The number of hydrogen-bond donors (Lipinski definition) is 0. The number of amides is 1. The fraction of sp³-hybridized carbons (Fsp3) is 0.231. The minimum atomic E-state index is -0.741. The third-order valence-corrected chi connectivity index (χ3v) is 3.13. The quantitative estimate of drug-likeness (QED) is 0.766. The van der Waals surface area contributed by atoms with Crippen molar-refractivity contribution in [1.29, 1.82) is 0 Å². The number of ketones is 1. The molecule has 0 N–H and O–H groups in total. The number of hydrogen-bond acceptors (Lipinski definition) is 4. The number of anilines is 1. The van der Waals surface area contributed by atoms with Gasteiger partial charge in [0.2, 0.25) is 0 Å². The van der Waals surface area contributed by atoms with Crippen LogP contribution in [0.2, 0.25) is 0 Å². The Morgan fingerprint density at radius 2 is 2.05 bits per heavy atom. The summed E-state index contributed by atoms with van der Waals surface area (Å²) in [6, 6.07) is 2.82. The van der Waals surface area contributed by atoms with Gasteiger partial charge in [-0.1, -0.05) is 5.21 Å². The van der Waals surface area contributed by atoms with Crippen LogP contribution in [0.4, 0.5) is 10.1 Å². The van der Waals surface area contributed by atoms with Gasteiger partial charge in [-0.25, -0.2) is 4.39 Å². The molecule has 0 spiro atoms. The summed E-state index contributed by atoms with van der Waals surface area (Å²) in [5, 5.41) is 7.59. The van der Waals surface area contributed by atoms with E-state index in [2.05, 4.69) is 10.3 Å². The molecule has 1 amide bonds. The number of benzene rings is 1. The Morgan fingerprint density at radius 1 is 1.30 bits per heavy atom. The van der Waals surface area contributed by atoms with Crippen LogP contribution in [0.15, 0.2) is 18.3 Å². The number of nitrogens with zero attached hydrogens (tertiary/aromatic N) is 4. The molecule has 3 rings (SSSR count). The van der Waals surface area contributed by atoms with Crippen LogP contribution in [0.3, 0.4) is 0 Å². The molecule has 0 fully saturated rings. The number of Topliss-reactive ketones (excluding diaryl/α,β-unsaturated/α-hetero) is 1. The summed E-state index contributed by atoms with van der Waals surface area (Å²) in [5.74, 6) is -2.01. The van der Waals surface area contributed by atoms with Crippen molar-refractivity contribution in [2.24, 2.45) is 7.05 Å². The molecule has 7 heteroatoms. The topological polar surface area (TPSA) is 68.1 Å². The number of carbonyl (C=O) groups excluding carboxylic acids is 2. The summed E-state index contributed by atoms with van der Waals surface area (Å²) < 4.78 is 15.5. The molecule has 0 saturated heterocycles. The third-order valence-electron chi connectivity index (χ3n) is 3.13. The Hall–Kier alpha value is -2.57. The molecule has 0 aliphatic carbocycles. The van der Waals surface area contributed by atoms with E-state index in [-0.39, 0.29) is 17.8 Å². The highest BCUT2D eigenvalue weighted by molar-refractivity contribution is 6.52.